The highest BCUT2D eigenvalue weighted by Crippen LogP contribution is 2.30. The Balaban J connectivity index is 2.45. The van der Waals surface area contributed by atoms with E-state index < -0.39 is 0 Å². The lowest BCUT2D eigenvalue weighted by atomic mass is 10.2. The van der Waals surface area contributed by atoms with E-state index in [9.17, 15) is 0 Å². The minimum absolute atomic E-state index is 0.518. The molecule has 4 heteroatoms. The third kappa shape index (κ3) is 2.33. The highest BCUT2D eigenvalue weighted by atomic mass is 35.5. The van der Waals surface area contributed by atoms with Crippen LogP contribution in [0.1, 0.15) is 10.6 Å². The minimum atomic E-state index is 0.518. The number of hydrogen-bond acceptors (Lipinski definition) is 2. The summed E-state index contributed by atoms with van der Waals surface area (Å²) in [6, 6.07) is 7.70. The number of hydrogen-bond donors (Lipinski definition) is 0. The van der Waals surface area contributed by atoms with Crippen LogP contribution in [0.5, 0.6) is 0 Å². The van der Waals surface area contributed by atoms with Crippen molar-refractivity contribution in [3.05, 3.63) is 39.9 Å². The number of benzene rings is 1. The topological polar surface area (TPSA) is 12.9 Å². The summed E-state index contributed by atoms with van der Waals surface area (Å²) in [5, 5.41) is 1.71. The second kappa shape index (κ2) is 4.52. The van der Waals surface area contributed by atoms with Gasteiger partial charge in [0.25, 0.3) is 0 Å². The monoisotopic (exact) mass is 257 g/mol. The highest BCUT2D eigenvalue weighted by Gasteiger charge is 2.08. The summed E-state index contributed by atoms with van der Waals surface area (Å²) in [6.45, 7) is 1.97. The summed E-state index contributed by atoms with van der Waals surface area (Å²) in [5.41, 5.74) is 2.05. The summed E-state index contributed by atoms with van der Waals surface area (Å²) < 4.78 is 0. The Hall–Kier alpha value is -0.570. The van der Waals surface area contributed by atoms with Crippen molar-refractivity contribution < 1.29 is 0 Å². The van der Waals surface area contributed by atoms with Gasteiger partial charge in [-0.3, -0.25) is 0 Å². The first-order valence-electron chi connectivity index (χ1n) is 4.49. The molecule has 0 aliphatic rings. The van der Waals surface area contributed by atoms with Gasteiger partial charge in [0.15, 0.2) is 0 Å². The molecule has 15 heavy (non-hydrogen) atoms. The van der Waals surface area contributed by atoms with Crippen molar-refractivity contribution in [1.82, 2.24) is 4.98 Å². The maximum absolute atomic E-state index is 5.93. The first kappa shape index (κ1) is 10.9. The van der Waals surface area contributed by atoms with Crippen LogP contribution in [0.15, 0.2) is 24.3 Å². The van der Waals surface area contributed by atoms with Crippen LogP contribution < -0.4 is 0 Å². The van der Waals surface area contributed by atoms with Crippen molar-refractivity contribution in [1.29, 1.82) is 0 Å². The van der Waals surface area contributed by atoms with Crippen LogP contribution >= 0.6 is 34.5 Å². The first-order chi connectivity index (χ1) is 7.20. The molecule has 0 unspecified atom stereocenters. The number of thiazole rings is 1. The largest absolute Gasteiger partial charge is 0.241 e. The van der Waals surface area contributed by atoms with Crippen molar-refractivity contribution in [3.8, 4) is 10.6 Å². The van der Waals surface area contributed by atoms with E-state index in [-0.39, 0.29) is 0 Å². The first-order valence-corrected chi connectivity index (χ1v) is 6.22. The minimum Gasteiger partial charge on any atom is -0.241 e. The van der Waals surface area contributed by atoms with Gasteiger partial charge in [-0.05, 0) is 19.1 Å². The molecule has 0 N–H and O–H groups in total. The average molecular weight is 258 g/mol. The third-order valence-corrected chi connectivity index (χ3v) is 3.95. The fourth-order valence-electron chi connectivity index (χ4n) is 1.30. The zero-order valence-electron chi connectivity index (χ0n) is 8.13. The average Bonchev–Trinajstić information content (AvgIpc) is 2.60. The summed E-state index contributed by atoms with van der Waals surface area (Å²) in [7, 11) is 0. The lowest BCUT2D eigenvalue weighted by Gasteiger charge is -1.95. The fraction of sp³-hybridized carbons (Fsp3) is 0.182. The van der Waals surface area contributed by atoms with Crippen LogP contribution in [0.25, 0.3) is 10.6 Å². The van der Waals surface area contributed by atoms with Crippen molar-refractivity contribution in [2.24, 2.45) is 0 Å². The molecule has 0 aliphatic heterocycles. The molecule has 1 aromatic carbocycles. The second-order valence-corrected chi connectivity index (χ2v) is 4.96. The van der Waals surface area contributed by atoms with Gasteiger partial charge >= 0.3 is 0 Å². The van der Waals surface area contributed by atoms with Gasteiger partial charge in [-0.25, -0.2) is 4.98 Å². The van der Waals surface area contributed by atoms with Crippen molar-refractivity contribution in [2.45, 2.75) is 12.8 Å². The lowest BCUT2D eigenvalue weighted by Crippen LogP contribution is -1.78. The molecule has 1 heterocycles. The molecule has 0 fully saturated rings. The van der Waals surface area contributed by atoms with Gasteiger partial charge in [0.1, 0.15) is 5.01 Å². The number of halogens is 2. The molecule has 0 amide bonds. The fourth-order valence-corrected chi connectivity index (χ4v) is 2.75. The normalized spacial score (nSPS) is 10.6. The SMILES string of the molecule is Cc1nc(-c2cccc(Cl)c2)sc1CCl. The number of nitrogens with zero attached hydrogens (tertiary/aromatic N) is 1. The van der Waals surface area contributed by atoms with E-state index in [0.29, 0.717) is 5.88 Å². The Kier molecular flexibility index (Phi) is 3.29. The van der Waals surface area contributed by atoms with Crippen molar-refractivity contribution in [3.63, 3.8) is 0 Å². The van der Waals surface area contributed by atoms with Crippen LogP contribution in [-0.2, 0) is 5.88 Å². The third-order valence-electron chi connectivity index (χ3n) is 2.09. The predicted molar refractivity (Wildman–Crippen MR) is 66.9 cm³/mol. The van der Waals surface area contributed by atoms with E-state index in [0.717, 1.165) is 26.2 Å². The van der Waals surface area contributed by atoms with Crippen molar-refractivity contribution >= 4 is 34.5 Å². The molecule has 0 spiro atoms. The van der Waals surface area contributed by atoms with Gasteiger partial charge < -0.3 is 0 Å². The van der Waals surface area contributed by atoms with Crippen LogP contribution in [0, 0.1) is 6.92 Å². The molecule has 78 valence electrons. The molecule has 0 saturated carbocycles. The van der Waals surface area contributed by atoms with Crippen LogP contribution in [-0.4, -0.2) is 4.98 Å². The lowest BCUT2D eigenvalue weighted by molar-refractivity contribution is 1.22. The summed E-state index contributed by atoms with van der Waals surface area (Å²) in [4.78, 5) is 5.59. The Morgan fingerprint density at radius 3 is 2.80 bits per heavy atom. The van der Waals surface area contributed by atoms with E-state index in [4.69, 9.17) is 23.2 Å². The van der Waals surface area contributed by atoms with Crippen LogP contribution in [0.4, 0.5) is 0 Å². The Morgan fingerprint density at radius 2 is 2.20 bits per heavy atom. The number of rotatable bonds is 2. The second-order valence-electron chi connectivity index (χ2n) is 3.17. The van der Waals surface area contributed by atoms with Crippen LogP contribution in [0.2, 0.25) is 5.02 Å². The quantitative estimate of drug-likeness (QED) is 0.722. The summed E-state index contributed by atoms with van der Waals surface area (Å²) in [6.07, 6.45) is 0. The van der Waals surface area contributed by atoms with Gasteiger partial charge in [-0.15, -0.1) is 22.9 Å². The van der Waals surface area contributed by atoms with E-state index in [1.165, 1.54) is 0 Å². The van der Waals surface area contributed by atoms with Gasteiger partial charge in [-0.2, -0.15) is 0 Å². The van der Waals surface area contributed by atoms with Crippen molar-refractivity contribution in [2.75, 3.05) is 0 Å². The van der Waals surface area contributed by atoms with E-state index >= 15 is 0 Å². The van der Waals surface area contributed by atoms with Gasteiger partial charge in [0.2, 0.25) is 0 Å². The van der Waals surface area contributed by atoms with Gasteiger partial charge in [0.05, 0.1) is 11.6 Å². The van der Waals surface area contributed by atoms with E-state index in [1.54, 1.807) is 11.3 Å². The van der Waals surface area contributed by atoms with Gasteiger partial charge in [-0.1, -0.05) is 23.7 Å². The molecule has 1 aromatic heterocycles. The van der Waals surface area contributed by atoms with E-state index in [1.807, 2.05) is 31.2 Å². The van der Waals surface area contributed by atoms with Gasteiger partial charge in [0, 0.05) is 15.5 Å². The maximum atomic E-state index is 5.93. The Morgan fingerprint density at radius 1 is 1.40 bits per heavy atom. The highest BCUT2D eigenvalue weighted by molar-refractivity contribution is 7.15. The molecular weight excluding hydrogens is 249 g/mol. The smallest absolute Gasteiger partial charge is 0.123 e. The molecular formula is C11H9Cl2NS. The number of aryl methyl sites for hydroxylation is 1. The summed E-state index contributed by atoms with van der Waals surface area (Å²) >= 11 is 13.4. The van der Waals surface area contributed by atoms with E-state index in [2.05, 4.69) is 4.98 Å². The molecule has 0 radical (unpaired) electrons. The standard InChI is InChI=1S/C11H9Cl2NS/c1-7-10(6-12)15-11(14-7)8-3-2-4-9(13)5-8/h2-5H,6H2,1H3. The molecule has 0 aliphatic carbocycles. The number of aromatic nitrogens is 1. The maximum Gasteiger partial charge on any atom is 0.123 e. The molecule has 1 nitrogen and oxygen atoms in total. The molecule has 0 saturated heterocycles. The molecule has 2 aromatic rings. The molecule has 2 rings (SSSR count). The molecule has 0 atom stereocenters. The van der Waals surface area contributed by atoms with Crippen LogP contribution in [0.3, 0.4) is 0 Å². The predicted octanol–water partition coefficient (Wildman–Crippen LogP) is 4.51. The summed E-state index contributed by atoms with van der Waals surface area (Å²) in [5.74, 6) is 0.518. The zero-order valence-corrected chi connectivity index (χ0v) is 10.5. The zero-order chi connectivity index (χ0) is 10.8. The molecule has 0 bridgehead atoms. The number of alkyl halides is 1. The Bertz CT molecular complexity index is 479. The Labute approximate surface area is 103 Å².